The summed E-state index contributed by atoms with van der Waals surface area (Å²) in [7, 11) is 0. The highest BCUT2D eigenvalue weighted by atomic mass is 16.3. The summed E-state index contributed by atoms with van der Waals surface area (Å²) < 4.78 is 1.38. The first-order valence-electron chi connectivity index (χ1n) is 7.44. The minimum atomic E-state index is -0.171. The maximum absolute atomic E-state index is 12.4. The number of aliphatic hydroxyl groups excluding tert-OH is 1. The summed E-state index contributed by atoms with van der Waals surface area (Å²) in [5.41, 5.74) is 1.01. The van der Waals surface area contributed by atoms with E-state index in [1.807, 2.05) is 0 Å². The molecule has 2 aromatic heterocycles. The molecule has 0 aromatic carbocycles. The minimum absolute atomic E-state index is 0.0607. The molecule has 1 aliphatic rings. The number of aliphatic hydroxyl groups is 1. The van der Waals surface area contributed by atoms with Gasteiger partial charge in [0.25, 0.3) is 11.3 Å². The Bertz CT molecular complexity index is 697. The predicted molar refractivity (Wildman–Crippen MR) is 79.7 cm³/mol. The lowest BCUT2D eigenvalue weighted by atomic mass is 10.00. The third-order valence-electron chi connectivity index (χ3n) is 4.23. The van der Waals surface area contributed by atoms with E-state index in [0.717, 1.165) is 31.8 Å². The molecule has 0 radical (unpaired) electrons. The highest BCUT2D eigenvalue weighted by Gasteiger charge is 2.20. The number of fused-ring (bicyclic) bond motifs is 1. The Morgan fingerprint density at radius 3 is 2.71 bits per heavy atom. The second-order valence-electron chi connectivity index (χ2n) is 5.81. The van der Waals surface area contributed by atoms with Crippen LogP contribution in [0.4, 0.5) is 5.95 Å². The molecule has 0 spiro atoms. The van der Waals surface area contributed by atoms with Crippen LogP contribution in [-0.2, 0) is 6.42 Å². The van der Waals surface area contributed by atoms with Gasteiger partial charge in [0.1, 0.15) is 0 Å². The first-order valence-corrected chi connectivity index (χ1v) is 7.44. The summed E-state index contributed by atoms with van der Waals surface area (Å²) >= 11 is 0. The lowest BCUT2D eigenvalue weighted by molar-refractivity contribution is 0.298. The van der Waals surface area contributed by atoms with Gasteiger partial charge < -0.3 is 10.0 Å². The van der Waals surface area contributed by atoms with Gasteiger partial charge in [0.2, 0.25) is 5.95 Å². The van der Waals surface area contributed by atoms with Gasteiger partial charge in [-0.05, 0) is 25.7 Å². The van der Waals surface area contributed by atoms with Crippen LogP contribution in [0.25, 0.3) is 5.78 Å². The van der Waals surface area contributed by atoms with Crippen LogP contribution in [0.1, 0.15) is 31.0 Å². The van der Waals surface area contributed by atoms with E-state index in [1.54, 1.807) is 6.92 Å². The highest BCUT2D eigenvalue weighted by Crippen LogP contribution is 2.20. The van der Waals surface area contributed by atoms with Crippen LogP contribution in [0.2, 0.25) is 0 Å². The van der Waals surface area contributed by atoms with Gasteiger partial charge >= 0.3 is 0 Å². The standard InChI is InChI=1S/C14H21N5O2/c1-9-3-6-18(7-4-9)14-16-13-15-10(2)11(5-8-20)12(21)19(13)17-14/h9,20H,3-8H2,1-2H3,(H,15,16,17). The average Bonchev–Trinajstić information content (AvgIpc) is 2.88. The summed E-state index contributed by atoms with van der Waals surface area (Å²) in [5.74, 6) is 1.84. The number of H-pyrrole nitrogens is 1. The fourth-order valence-corrected chi connectivity index (χ4v) is 2.80. The first-order chi connectivity index (χ1) is 10.1. The van der Waals surface area contributed by atoms with Crippen molar-refractivity contribution >= 4 is 11.7 Å². The number of hydrogen-bond acceptors (Lipinski definition) is 5. The number of aryl methyl sites for hydroxylation is 1. The van der Waals surface area contributed by atoms with E-state index in [2.05, 4.69) is 26.9 Å². The molecule has 1 aliphatic heterocycles. The van der Waals surface area contributed by atoms with Crippen molar-refractivity contribution in [2.75, 3.05) is 24.6 Å². The van der Waals surface area contributed by atoms with Crippen molar-refractivity contribution in [1.29, 1.82) is 0 Å². The van der Waals surface area contributed by atoms with Crippen molar-refractivity contribution in [3.8, 4) is 0 Å². The Labute approximate surface area is 122 Å². The Hall–Kier alpha value is -1.89. The van der Waals surface area contributed by atoms with Crippen LogP contribution in [0.3, 0.4) is 0 Å². The molecular formula is C14H21N5O2. The molecule has 2 aromatic rings. The van der Waals surface area contributed by atoms with Crippen molar-refractivity contribution in [3.63, 3.8) is 0 Å². The lowest BCUT2D eigenvalue weighted by Crippen LogP contribution is -2.33. The molecule has 2 N–H and O–H groups in total. The number of anilines is 1. The van der Waals surface area contributed by atoms with Crippen LogP contribution >= 0.6 is 0 Å². The quantitative estimate of drug-likeness (QED) is 0.860. The van der Waals surface area contributed by atoms with E-state index < -0.39 is 0 Å². The van der Waals surface area contributed by atoms with Gasteiger partial charge in [0, 0.05) is 31.7 Å². The maximum Gasteiger partial charge on any atom is 0.277 e. The number of nitrogens with zero attached hydrogens (tertiary/aromatic N) is 4. The molecule has 0 aliphatic carbocycles. The van der Waals surface area contributed by atoms with Crippen LogP contribution in [0.15, 0.2) is 4.79 Å². The van der Waals surface area contributed by atoms with E-state index in [4.69, 9.17) is 5.11 Å². The zero-order valence-electron chi connectivity index (χ0n) is 12.5. The van der Waals surface area contributed by atoms with E-state index >= 15 is 0 Å². The molecule has 7 nitrogen and oxygen atoms in total. The number of nitrogens with one attached hydrogen (secondary N) is 1. The predicted octanol–water partition coefficient (Wildman–Crippen LogP) is 0.497. The van der Waals surface area contributed by atoms with Crippen LogP contribution < -0.4 is 10.5 Å². The summed E-state index contributed by atoms with van der Waals surface area (Å²) in [6.45, 7) is 5.86. The van der Waals surface area contributed by atoms with E-state index in [0.29, 0.717) is 29.4 Å². The Balaban J connectivity index is 2.00. The topological polar surface area (TPSA) is 86.5 Å². The second-order valence-corrected chi connectivity index (χ2v) is 5.81. The molecule has 0 atom stereocenters. The van der Waals surface area contributed by atoms with Gasteiger partial charge in [-0.25, -0.2) is 4.98 Å². The largest absolute Gasteiger partial charge is 0.396 e. The molecule has 7 heteroatoms. The van der Waals surface area contributed by atoms with E-state index in [-0.39, 0.29) is 12.2 Å². The summed E-state index contributed by atoms with van der Waals surface area (Å²) in [4.78, 5) is 23.4. The number of piperidine rings is 1. The molecule has 3 heterocycles. The van der Waals surface area contributed by atoms with Crippen molar-refractivity contribution in [2.45, 2.75) is 33.1 Å². The molecule has 21 heavy (non-hydrogen) atoms. The van der Waals surface area contributed by atoms with Gasteiger partial charge in [-0.15, -0.1) is 0 Å². The zero-order chi connectivity index (χ0) is 15.0. The van der Waals surface area contributed by atoms with Crippen molar-refractivity contribution in [3.05, 3.63) is 21.6 Å². The Morgan fingerprint density at radius 1 is 1.33 bits per heavy atom. The SMILES string of the molecule is Cc1nc2nc(N3CCC(C)CC3)[nH]n2c(=O)c1CCO. The normalized spacial score (nSPS) is 16.8. The third kappa shape index (κ3) is 2.53. The molecule has 0 bridgehead atoms. The summed E-state index contributed by atoms with van der Waals surface area (Å²) in [6, 6.07) is 0. The molecule has 3 rings (SSSR count). The first kappa shape index (κ1) is 14.1. The molecule has 0 saturated carbocycles. The molecule has 1 fully saturated rings. The van der Waals surface area contributed by atoms with Crippen molar-refractivity contribution in [1.82, 2.24) is 19.6 Å². The highest BCUT2D eigenvalue weighted by molar-refractivity contribution is 5.41. The minimum Gasteiger partial charge on any atom is -0.396 e. The van der Waals surface area contributed by atoms with E-state index in [1.165, 1.54) is 4.52 Å². The van der Waals surface area contributed by atoms with Crippen molar-refractivity contribution in [2.24, 2.45) is 5.92 Å². The van der Waals surface area contributed by atoms with Gasteiger partial charge in [0.05, 0.1) is 5.69 Å². The average molecular weight is 291 g/mol. The van der Waals surface area contributed by atoms with Crippen LogP contribution in [0, 0.1) is 12.8 Å². The Kier molecular flexibility index (Phi) is 3.67. The van der Waals surface area contributed by atoms with Crippen LogP contribution in [-0.4, -0.2) is 44.4 Å². The number of aromatic nitrogens is 4. The third-order valence-corrected chi connectivity index (χ3v) is 4.23. The fourth-order valence-electron chi connectivity index (χ4n) is 2.80. The molecule has 114 valence electrons. The zero-order valence-corrected chi connectivity index (χ0v) is 12.5. The van der Waals surface area contributed by atoms with Gasteiger partial charge in [0.15, 0.2) is 0 Å². The van der Waals surface area contributed by atoms with Gasteiger partial charge in [-0.3, -0.25) is 9.89 Å². The fraction of sp³-hybridized carbons (Fsp3) is 0.643. The monoisotopic (exact) mass is 291 g/mol. The summed E-state index contributed by atoms with van der Waals surface area (Å²) in [6.07, 6.45) is 2.58. The van der Waals surface area contributed by atoms with E-state index in [9.17, 15) is 4.79 Å². The second kappa shape index (κ2) is 5.48. The van der Waals surface area contributed by atoms with Gasteiger partial charge in [-0.2, -0.15) is 9.50 Å². The van der Waals surface area contributed by atoms with Gasteiger partial charge in [-0.1, -0.05) is 6.92 Å². The molecular weight excluding hydrogens is 270 g/mol. The summed E-state index contributed by atoms with van der Waals surface area (Å²) in [5, 5.41) is 12.1. The van der Waals surface area contributed by atoms with Crippen molar-refractivity contribution < 1.29 is 5.11 Å². The Morgan fingerprint density at radius 2 is 2.05 bits per heavy atom. The molecule has 1 saturated heterocycles. The number of hydrogen-bond donors (Lipinski definition) is 2. The molecule has 0 amide bonds. The van der Waals surface area contributed by atoms with Crippen LogP contribution in [0.5, 0.6) is 0 Å². The number of rotatable bonds is 3. The lowest BCUT2D eigenvalue weighted by Gasteiger charge is -2.29. The maximum atomic E-state index is 12.4. The number of aromatic amines is 1. The smallest absolute Gasteiger partial charge is 0.277 e. The molecule has 0 unspecified atom stereocenters.